The summed E-state index contributed by atoms with van der Waals surface area (Å²) >= 11 is 0. The van der Waals surface area contributed by atoms with Crippen molar-refractivity contribution in [1.29, 1.82) is 0 Å². The van der Waals surface area contributed by atoms with Crippen molar-refractivity contribution in [3.8, 4) is 5.75 Å². The summed E-state index contributed by atoms with van der Waals surface area (Å²) in [6.45, 7) is 7.24. The van der Waals surface area contributed by atoms with Crippen molar-refractivity contribution < 1.29 is 23.9 Å². The number of ether oxygens (including phenoxy) is 1. The highest BCUT2D eigenvalue weighted by Gasteiger charge is 2.46. The van der Waals surface area contributed by atoms with Crippen LogP contribution in [0.2, 0.25) is 0 Å². The van der Waals surface area contributed by atoms with Gasteiger partial charge >= 0.3 is 17.8 Å². The number of carbonyl (C=O) groups is 4. The molecule has 152 valence electrons. The number of aryl methyl sites for hydroxylation is 1. The van der Waals surface area contributed by atoms with Crippen molar-refractivity contribution in [3.63, 3.8) is 0 Å². The van der Waals surface area contributed by atoms with E-state index in [2.05, 4.69) is 0 Å². The van der Waals surface area contributed by atoms with Crippen LogP contribution in [-0.4, -0.2) is 46.8 Å². The standard InChI is InChI=1S/C21H23N3O5/c1-12(2)23-13(3)10-17(14(23)4)18(25)11-22-19(26)20(27)24(21(22)28)15-6-8-16(29-5)9-7-15/h6-10,12H,11H2,1-5H3. The van der Waals surface area contributed by atoms with Crippen molar-refractivity contribution in [2.45, 2.75) is 33.7 Å². The summed E-state index contributed by atoms with van der Waals surface area (Å²) < 4.78 is 7.07. The highest BCUT2D eigenvalue weighted by molar-refractivity contribution is 6.53. The summed E-state index contributed by atoms with van der Waals surface area (Å²) in [5.41, 5.74) is 2.35. The number of rotatable bonds is 6. The molecule has 0 radical (unpaired) electrons. The highest BCUT2D eigenvalue weighted by Crippen LogP contribution is 2.26. The lowest BCUT2D eigenvalue weighted by Gasteiger charge is -2.16. The van der Waals surface area contributed by atoms with Crippen LogP contribution in [-0.2, 0) is 9.59 Å². The average Bonchev–Trinajstić information content (AvgIpc) is 3.09. The number of aromatic nitrogens is 1. The molecule has 1 aliphatic rings. The molecule has 2 heterocycles. The zero-order valence-electron chi connectivity index (χ0n) is 17.1. The van der Waals surface area contributed by atoms with Crippen LogP contribution in [0, 0.1) is 13.8 Å². The molecule has 0 aliphatic carbocycles. The van der Waals surface area contributed by atoms with Crippen molar-refractivity contribution in [3.05, 3.63) is 47.3 Å². The van der Waals surface area contributed by atoms with Crippen molar-refractivity contribution in [2.75, 3.05) is 18.6 Å². The third kappa shape index (κ3) is 3.41. The van der Waals surface area contributed by atoms with Crippen LogP contribution in [0.1, 0.15) is 41.6 Å². The molecule has 0 atom stereocenters. The van der Waals surface area contributed by atoms with E-state index >= 15 is 0 Å². The van der Waals surface area contributed by atoms with Gasteiger partial charge in [-0.3, -0.25) is 14.4 Å². The van der Waals surface area contributed by atoms with Gasteiger partial charge in [0, 0.05) is 23.0 Å². The van der Waals surface area contributed by atoms with Gasteiger partial charge < -0.3 is 9.30 Å². The summed E-state index contributed by atoms with van der Waals surface area (Å²) in [6.07, 6.45) is 0. The second-order valence-corrected chi connectivity index (χ2v) is 7.18. The molecule has 1 aliphatic heterocycles. The number of methoxy groups -OCH3 is 1. The van der Waals surface area contributed by atoms with Gasteiger partial charge in [-0.2, -0.15) is 0 Å². The van der Waals surface area contributed by atoms with E-state index in [1.807, 2.05) is 32.3 Å². The topological polar surface area (TPSA) is 88.9 Å². The van der Waals surface area contributed by atoms with Crippen molar-refractivity contribution in [2.24, 2.45) is 0 Å². The van der Waals surface area contributed by atoms with Gasteiger partial charge in [-0.25, -0.2) is 14.6 Å². The molecule has 8 nitrogen and oxygen atoms in total. The molecule has 0 bridgehead atoms. The van der Waals surface area contributed by atoms with Gasteiger partial charge in [-0.05, 0) is 58.0 Å². The fourth-order valence-corrected chi connectivity index (χ4v) is 3.69. The SMILES string of the molecule is COc1ccc(N2C(=O)C(=O)N(CC(=O)c3cc(C)n(C(C)C)c3C)C2=O)cc1. The molecular weight excluding hydrogens is 374 g/mol. The van der Waals surface area contributed by atoms with Crippen LogP contribution in [0.3, 0.4) is 0 Å². The molecule has 2 aromatic rings. The van der Waals surface area contributed by atoms with Crippen LogP contribution in [0.15, 0.2) is 30.3 Å². The fraction of sp³-hybridized carbons (Fsp3) is 0.333. The fourth-order valence-electron chi connectivity index (χ4n) is 3.69. The second-order valence-electron chi connectivity index (χ2n) is 7.18. The number of imide groups is 2. The Morgan fingerprint density at radius 1 is 1.03 bits per heavy atom. The van der Waals surface area contributed by atoms with E-state index in [4.69, 9.17) is 4.74 Å². The molecule has 1 fully saturated rings. The zero-order valence-corrected chi connectivity index (χ0v) is 17.1. The summed E-state index contributed by atoms with van der Waals surface area (Å²) in [4.78, 5) is 51.8. The van der Waals surface area contributed by atoms with Crippen LogP contribution >= 0.6 is 0 Å². The number of hydrogen-bond acceptors (Lipinski definition) is 5. The number of carbonyl (C=O) groups excluding carboxylic acids is 4. The number of anilines is 1. The Morgan fingerprint density at radius 2 is 1.66 bits per heavy atom. The number of Topliss-reactive ketones (excluding diaryl/α,β-unsaturated/α-hetero) is 1. The molecule has 8 heteroatoms. The maximum atomic E-state index is 12.8. The Kier molecular flexibility index (Phi) is 5.28. The first kappa shape index (κ1) is 20.3. The lowest BCUT2D eigenvalue weighted by atomic mass is 10.1. The first-order valence-corrected chi connectivity index (χ1v) is 9.23. The number of hydrogen-bond donors (Lipinski definition) is 0. The molecule has 1 aromatic carbocycles. The third-order valence-corrected chi connectivity index (χ3v) is 4.99. The Bertz CT molecular complexity index is 1000. The minimum absolute atomic E-state index is 0.166. The molecule has 0 saturated carbocycles. The van der Waals surface area contributed by atoms with Gasteiger partial charge in [0.2, 0.25) is 0 Å². The van der Waals surface area contributed by atoms with E-state index in [0.717, 1.165) is 16.3 Å². The Hall–Kier alpha value is -3.42. The minimum atomic E-state index is -1.02. The average molecular weight is 397 g/mol. The summed E-state index contributed by atoms with van der Waals surface area (Å²) in [5.74, 6) is -1.85. The van der Waals surface area contributed by atoms with E-state index in [1.54, 1.807) is 18.2 Å². The van der Waals surface area contributed by atoms with Gasteiger partial charge in [-0.15, -0.1) is 0 Å². The van der Waals surface area contributed by atoms with Gasteiger partial charge in [0.25, 0.3) is 0 Å². The first-order valence-electron chi connectivity index (χ1n) is 9.23. The van der Waals surface area contributed by atoms with Gasteiger partial charge in [0.1, 0.15) is 5.75 Å². The number of nitrogens with zero attached hydrogens (tertiary/aromatic N) is 3. The molecule has 3 rings (SSSR count). The van der Waals surface area contributed by atoms with Crippen LogP contribution < -0.4 is 9.64 Å². The summed E-state index contributed by atoms with van der Waals surface area (Å²) in [6, 6.07) is 7.23. The van der Waals surface area contributed by atoms with Crippen LogP contribution in [0.25, 0.3) is 0 Å². The molecule has 1 aromatic heterocycles. The number of urea groups is 1. The largest absolute Gasteiger partial charge is 0.497 e. The van der Waals surface area contributed by atoms with E-state index in [-0.39, 0.29) is 11.7 Å². The summed E-state index contributed by atoms with van der Waals surface area (Å²) in [7, 11) is 1.49. The van der Waals surface area contributed by atoms with Gasteiger partial charge in [0.05, 0.1) is 19.3 Å². The zero-order chi connectivity index (χ0) is 21.5. The summed E-state index contributed by atoms with van der Waals surface area (Å²) in [5, 5.41) is 0. The molecular formula is C21H23N3O5. The lowest BCUT2D eigenvalue weighted by molar-refractivity contribution is -0.139. The Balaban J connectivity index is 1.85. The van der Waals surface area contributed by atoms with Crippen molar-refractivity contribution >= 4 is 29.3 Å². The smallest absolute Gasteiger partial charge is 0.339 e. The molecule has 4 amide bonds. The van der Waals surface area contributed by atoms with E-state index < -0.39 is 30.2 Å². The Morgan fingerprint density at radius 3 is 2.17 bits per heavy atom. The van der Waals surface area contributed by atoms with E-state index in [9.17, 15) is 19.2 Å². The van der Waals surface area contributed by atoms with Crippen molar-refractivity contribution in [1.82, 2.24) is 9.47 Å². The highest BCUT2D eigenvalue weighted by atomic mass is 16.5. The second kappa shape index (κ2) is 7.54. The van der Waals surface area contributed by atoms with Gasteiger partial charge in [-0.1, -0.05) is 0 Å². The minimum Gasteiger partial charge on any atom is -0.497 e. The van der Waals surface area contributed by atoms with E-state index in [0.29, 0.717) is 16.2 Å². The third-order valence-electron chi connectivity index (χ3n) is 4.99. The normalized spacial score (nSPS) is 14.3. The van der Waals surface area contributed by atoms with E-state index in [1.165, 1.54) is 19.2 Å². The predicted octanol–water partition coefficient (Wildman–Crippen LogP) is 2.87. The quantitative estimate of drug-likeness (QED) is 0.425. The molecule has 0 spiro atoms. The Labute approximate surface area is 168 Å². The molecule has 29 heavy (non-hydrogen) atoms. The molecule has 0 N–H and O–H groups in total. The van der Waals surface area contributed by atoms with Crippen LogP contribution in [0.4, 0.5) is 10.5 Å². The maximum Gasteiger partial charge on any atom is 0.339 e. The monoisotopic (exact) mass is 397 g/mol. The maximum absolute atomic E-state index is 12.8. The first-order chi connectivity index (χ1) is 13.7. The number of benzene rings is 1. The lowest BCUT2D eigenvalue weighted by Crippen LogP contribution is -2.37. The molecule has 0 unspecified atom stereocenters. The predicted molar refractivity (Wildman–Crippen MR) is 106 cm³/mol. The number of ketones is 1. The van der Waals surface area contributed by atoms with Gasteiger partial charge in [0.15, 0.2) is 5.78 Å². The van der Waals surface area contributed by atoms with Crippen LogP contribution in [0.5, 0.6) is 5.75 Å². The molecule has 1 saturated heterocycles. The number of amides is 4.